The molecule has 0 bridgehead atoms. The predicted octanol–water partition coefficient (Wildman–Crippen LogP) is -2.57. The summed E-state index contributed by atoms with van der Waals surface area (Å²) in [7, 11) is 4.72. The van der Waals surface area contributed by atoms with Gasteiger partial charge in [-0.3, -0.25) is 0 Å². The van der Waals surface area contributed by atoms with Crippen LogP contribution in [0.4, 0.5) is 0 Å². The van der Waals surface area contributed by atoms with Crippen LogP contribution >= 0.6 is 0 Å². The van der Waals surface area contributed by atoms with Crippen LogP contribution in [-0.4, -0.2) is 14.3 Å². The van der Waals surface area contributed by atoms with Crippen molar-refractivity contribution >= 4 is 7.85 Å². The average molecular weight is 89.8 g/mol. The van der Waals surface area contributed by atoms with Gasteiger partial charge < -0.3 is 7.85 Å². The Balaban J connectivity index is 0. The van der Waals surface area contributed by atoms with E-state index < -0.39 is 0 Å². The van der Waals surface area contributed by atoms with E-state index >= 15 is 0 Å². The summed E-state index contributed by atoms with van der Waals surface area (Å²) in [6, 6.07) is 0. The molecule has 6 heavy (non-hydrogen) atoms. The third-order valence-electron chi connectivity index (χ3n) is 0.145. The molecule has 0 aliphatic rings. The minimum atomic E-state index is 0. The van der Waals surface area contributed by atoms with Gasteiger partial charge in [0, 0.05) is 0 Å². The Hall–Kier alpha value is 0.375. The third-order valence-corrected chi connectivity index (χ3v) is 0.145. The molecule has 0 atom stereocenters. The molecule has 5 heteroatoms. The number of nitrogens with zero attached hydrogens (tertiary/aromatic N) is 3. The molecule has 0 fully saturated rings. The van der Waals surface area contributed by atoms with Crippen molar-refractivity contribution in [2.45, 2.75) is 0 Å². The van der Waals surface area contributed by atoms with E-state index in [9.17, 15) is 0 Å². The van der Waals surface area contributed by atoms with Crippen molar-refractivity contribution in [1.82, 2.24) is 0 Å². The normalized spacial score (nSPS) is 4.83. The van der Waals surface area contributed by atoms with Gasteiger partial charge in [0.05, 0.1) is 0 Å². The Morgan fingerprint density at radius 3 is 2.33 bits per heavy atom. The molecule has 3 nitrogen and oxygen atoms in total. The Kier molecular flexibility index (Phi) is 14.5. The molecule has 0 saturated carbocycles. The van der Waals surface area contributed by atoms with Crippen LogP contribution in [0.2, 0.25) is 0 Å². The van der Waals surface area contributed by atoms with Crippen LogP contribution in [0, 0.1) is 0 Å². The minimum absolute atomic E-state index is 0. The molecule has 0 aliphatic carbocycles. The molecule has 0 aliphatic heterocycles. The molecule has 3 radical (unpaired) electrons. The summed E-state index contributed by atoms with van der Waals surface area (Å²) >= 11 is 0. The molecule has 25 valence electrons. The summed E-state index contributed by atoms with van der Waals surface area (Å²) in [6.45, 7) is 0. The van der Waals surface area contributed by atoms with Crippen LogP contribution in [0.5, 0.6) is 0 Å². The fraction of sp³-hybridized carbons (Fsp3) is 1.00. The average Bonchev–Trinajstić information content (AvgIpc) is 1.41. The van der Waals surface area contributed by atoms with Crippen LogP contribution in [0.25, 0.3) is 10.4 Å². The zero-order valence-corrected chi connectivity index (χ0v) is 5.63. The van der Waals surface area contributed by atoms with E-state index in [1.165, 1.54) is 0 Å². The van der Waals surface area contributed by atoms with Crippen molar-refractivity contribution in [1.29, 1.82) is 0 Å². The van der Waals surface area contributed by atoms with E-state index in [0.717, 1.165) is 0 Å². The first-order chi connectivity index (χ1) is 2.41. The molecule has 0 unspecified atom stereocenters. The molecule has 0 aromatic heterocycles. The van der Waals surface area contributed by atoms with Gasteiger partial charge in [0.1, 0.15) is 0 Å². The van der Waals surface area contributed by atoms with Crippen LogP contribution in [0.1, 0.15) is 0 Å². The number of azide groups is 1. The maximum atomic E-state index is 7.44. The van der Waals surface area contributed by atoms with Gasteiger partial charge in [0.15, 0.2) is 0 Å². The summed E-state index contributed by atoms with van der Waals surface area (Å²) in [6.07, 6.45) is 0.0521. The Morgan fingerprint density at radius 2 is 2.33 bits per heavy atom. The standard InChI is InChI=1S/CH2BN3.Na/c2-1-4-5-3;/h1H2;/q-1;+1. The quantitative estimate of drug-likeness (QED) is 0.147. The molecule has 0 rings (SSSR count). The summed E-state index contributed by atoms with van der Waals surface area (Å²) in [5.41, 5.74) is 7.44. The summed E-state index contributed by atoms with van der Waals surface area (Å²) in [5.74, 6) is 0. The minimum Gasteiger partial charge on any atom is -0.619 e. The van der Waals surface area contributed by atoms with Crippen molar-refractivity contribution in [3.63, 3.8) is 0 Å². The molecule has 0 heterocycles. The first-order valence-electron chi connectivity index (χ1n) is 1.12. The van der Waals surface area contributed by atoms with Crippen molar-refractivity contribution in [3.05, 3.63) is 10.4 Å². The molecule has 0 spiro atoms. The largest absolute Gasteiger partial charge is 1.00 e. The van der Waals surface area contributed by atoms with E-state index in [4.69, 9.17) is 13.4 Å². The topological polar surface area (TPSA) is 48.8 Å². The van der Waals surface area contributed by atoms with E-state index in [1.54, 1.807) is 0 Å². The smallest absolute Gasteiger partial charge is 0.619 e. The number of hydrogen-bond donors (Lipinski definition) is 0. The number of rotatable bonds is 1. The van der Waals surface area contributed by atoms with Gasteiger partial charge in [0.2, 0.25) is 0 Å². The SMILES string of the molecule is [B-]CN=[N+]=[N-].[Na+]. The predicted molar refractivity (Wildman–Crippen MR) is 19.8 cm³/mol. The van der Waals surface area contributed by atoms with Crippen molar-refractivity contribution in [2.24, 2.45) is 5.11 Å². The van der Waals surface area contributed by atoms with Crippen LogP contribution in [0.15, 0.2) is 5.11 Å². The van der Waals surface area contributed by atoms with Gasteiger partial charge in [-0.25, -0.2) is 0 Å². The summed E-state index contributed by atoms with van der Waals surface area (Å²) < 4.78 is 0. The van der Waals surface area contributed by atoms with Gasteiger partial charge in [-0.15, -0.1) is 5.11 Å². The monoisotopic (exact) mass is 90.0 g/mol. The second-order valence-electron chi connectivity index (χ2n) is 0.413. The van der Waals surface area contributed by atoms with Gasteiger partial charge >= 0.3 is 29.6 Å². The first-order valence-corrected chi connectivity index (χ1v) is 1.12. The van der Waals surface area contributed by atoms with Gasteiger partial charge in [-0.05, 0) is 10.4 Å². The van der Waals surface area contributed by atoms with Crippen molar-refractivity contribution in [3.8, 4) is 0 Å². The van der Waals surface area contributed by atoms with Gasteiger partial charge in [-0.2, -0.15) is 6.44 Å². The molecule has 0 aromatic carbocycles. The molecular formula is CH2BN3Na. The first kappa shape index (κ1) is 9.62. The molecule has 0 aromatic rings. The number of hydrogen-bond acceptors (Lipinski definition) is 1. The second kappa shape index (κ2) is 9.03. The Labute approximate surface area is 59.4 Å². The van der Waals surface area contributed by atoms with Crippen molar-refractivity contribution < 1.29 is 29.6 Å². The molecule has 0 amide bonds. The zero-order valence-electron chi connectivity index (χ0n) is 3.63. The van der Waals surface area contributed by atoms with Crippen LogP contribution < -0.4 is 29.6 Å². The fourth-order valence-electron chi connectivity index (χ4n) is 0.0365. The van der Waals surface area contributed by atoms with Gasteiger partial charge in [0.25, 0.3) is 0 Å². The molecule has 0 saturated heterocycles. The third kappa shape index (κ3) is 8.83. The Bertz CT molecular complexity index is 57.8. The maximum absolute atomic E-state index is 7.44. The summed E-state index contributed by atoms with van der Waals surface area (Å²) in [5, 5.41) is 2.93. The molecule has 0 N–H and O–H groups in total. The summed E-state index contributed by atoms with van der Waals surface area (Å²) in [4.78, 5) is 2.35. The van der Waals surface area contributed by atoms with E-state index in [1.807, 2.05) is 0 Å². The van der Waals surface area contributed by atoms with Crippen LogP contribution in [-0.2, 0) is 0 Å². The van der Waals surface area contributed by atoms with Gasteiger partial charge in [-0.1, -0.05) is 0 Å². The second-order valence-corrected chi connectivity index (χ2v) is 0.413. The van der Waals surface area contributed by atoms with Crippen molar-refractivity contribution in [2.75, 3.05) is 6.44 Å². The Morgan fingerprint density at radius 1 is 1.83 bits per heavy atom. The molecular weight excluding hydrogens is 87.8 g/mol. The van der Waals surface area contributed by atoms with E-state index in [2.05, 4.69) is 10.0 Å². The van der Waals surface area contributed by atoms with E-state index in [0.29, 0.717) is 0 Å². The van der Waals surface area contributed by atoms with Crippen LogP contribution in [0.3, 0.4) is 0 Å². The fourth-order valence-corrected chi connectivity index (χ4v) is 0.0365. The van der Waals surface area contributed by atoms with E-state index in [-0.39, 0.29) is 36.0 Å². The maximum Gasteiger partial charge on any atom is 1.00 e. The zero-order chi connectivity index (χ0) is 4.12.